The van der Waals surface area contributed by atoms with E-state index in [1.165, 1.54) is 0 Å². The minimum atomic E-state index is 0.393. The van der Waals surface area contributed by atoms with E-state index < -0.39 is 0 Å². The van der Waals surface area contributed by atoms with Crippen molar-refractivity contribution >= 4 is 5.65 Å². The summed E-state index contributed by atoms with van der Waals surface area (Å²) >= 11 is 0. The molecule has 3 nitrogen and oxygen atoms in total. The Bertz CT molecular complexity index is 389. The normalized spacial score (nSPS) is 11.2. The van der Waals surface area contributed by atoms with E-state index in [0.29, 0.717) is 5.92 Å². The Hall–Kier alpha value is -1.38. The van der Waals surface area contributed by atoms with Gasteiger partial charge in [0, 0.05) is 12.1 Å². The van der Waals surface area contributed by atoms with Crippen LogP contribution in [0.25, 0.3) is 5.65 Å². The molecule has 0 aliphatic rings. The summed E-state index contributed by atoms with van der Waals surface area (Å²) in [6.45, 7) is 4.18. The standard InChI is InChI=1S/C9H11N3/c1-7(2)9-10-6-12-5-3-4-8(12)11-9/h3-7H,1-2H3. The van der Waals surface area contributed by atoms with Gasteiger partial charge in [-0.25, -0.2) is 9.97 Å². The Morgan fingerprint density at radius 1 is 1.42 bits per heavy atom. The van der Waals surface area contributed by atoms with Gasteiger partial charge in [-0.05, 0) is 12.1 Å². The lowest BCUT2D eigenvalue weighted by molar-refractivity contribution is 0.764. The molecule has 0 saturated heterocycles. The third-order valence-electron chi connectivity index (χ3n) is 1.82. The maximum atomic E-state index is 4.39. The fourth-order valence-electron chi connectivity index (χ4n) is 1.12. The molecule has 0 amide bonds. The molecule has 62 valence electrons. The fraction of sp³-hybridized carbons (Fsp3) is 0.333. The van der Waals surface area contributed by atoms with Crippen molar-refractivity contribution in [1.82, 2.24) is 14.4 Å². The largest absolute Gasteiger partial charge is 0.292 e. The zero-order valence-electron chi connectivity index (χ0n) is 7.23. The molecule has 0 aromatic carbocycles. The smallest absolute Gasteiger partial charge is 0.140 e. The molecule has 0 bridgehead atoms. The molecule has 0 aliphatic heterocycles. The summed E-state index contributed by atoms with van der Waals surface area (Å²) in [5.41, 5.74) is 0.966. The van der Waals surface area contributed by atoms with Crippen LogP contribution < -0.4 is 0 Å². The SMILES string of the molecule is CC(C)c1ncn2cccc2n1. The number of hydrogen-bond donors (Lipinski definition) is 0. The van der Waals surface area contributed by atoms with Gasteiger partial charge in [-0.15, -0.1) is 0 Å². The van der Waals surface area contributed by atoms with Crippen molar-refractivity contribution in [3.8, 4) is 0 Å². The molecule has 0 saturated carbocycles. The first kappa shape index (κ1) is 7.28. The summed E-state index contributed by atoms with van der Waals surface area (Å²) in [6, 6.07) is 3.95. The highest BCUT2D eigenvalue weighted by Gasteiger charge is 2.02. The summed E-state index contributed by atoms with van der Waals surface area (Å²) in [5, 5.41) is 0. The molecular formula is C9H11N3. The lowest BCUT2D eigenvalue weighted by Crippen LogP contribution is -1.99. The van der Waals surface area contributed by atoms with E-state index in [4.69, 9.17) is 0 Å². The molecule has 2 aromatic rings. The van der Waals surface area contributed by atoms with Gasteiger partial charge >= 0.3 is 0 Å². The predicted molar refractivity (Wildman–Crippen MR) is 47.1 cm³/mol. The average molecular weight is 161 g/mol. The highest BCUT2D eigenvalue weighted by atomic mass is 15.1. The maximum absolute atomic E-state index is 4.39. The number of rotatable bonds is 1. The van der Waals surface area contributed by atoms with Crippen molar-refractivity contribution in [3.63, 3.8) is 0 Å². The van der Waals surface area contributed by atoms with Crippen LogP contribution in [0.2, 0.25) is 0 Å². The molecule has 0 aliphatic carbocycles. The molecular weight excluding hydrogens is 150 g/mol. The van der Waals surface area contributed by atoms with Crippen molar-refractivity contribution < 1.29 is 0 Å². The van der Waals surface area contributed by atoms with Crippen LogP contribution in [0, 0.1) is 0 Å². The van der Waals surface area contributed by atoms with E-state index in [1.807, 2.05) is 22.7 Å². The highest BCUT2D eigenvalue weighted by Crippen LogP contribution is 2.09. The van der Waals surface area contributed by atoms with E-state index in [2.05, 4.69) is 23.8 Å². The summed E-state index contributed by atoms with van der Waals surface area (Å²) in [6.07, 6.45) is 3.75. The second kappa shape index (κ2) is 2.59. The average Bonchev–Trinajstić information content (AvgIpc) is 2.49. The van der Waals surface area contributed by atoms with Gasteiger partial charge in [-0.2, -0.15) is 0 Å². The van der Waals surface area contributed by atoms with Crippen LogP contribution in [-0.4, -0.2) is 14.4 Å². The first-order chi connectivity index (χ1) is 5.77. The molecule has 12 heavy (non-hydrogen) atoms. The van der Waals surface area contributed by atoms with Gasteiger partial charge in [-0.3, -0.25) is 4.40 Å². The van der Waals surface area contributed by atoms with Gasteiger partial charge < -0.3 is 0 Å². The van der Waals surface area contributed by atoms with Crippen LogP contribution in [0.4, 0.5) is 0 Å². The van der Waals surface area contributed by atoms with Crippen LogP contribution >= 0.6 is 0 Å². The van der Waals surface area contributed by atoms with Crippen molar-refractivity contribution in [1.29, 1.82) is 0 Å². The van der Waals surface area contributed by atoms with E-state index >= 15 is 0 Å². The minimum absolute atomic E-state index is 0.393. The van der Waals surface area contributed by atoms with Gasteiger partial charge in [0.25, 0.3) is 0 Å². The molecule has 0 spiro atoms. The van der Waals surface area contributed by atoms with E-state index in [-0.39, 0.29) is 0 Å². The van der Waals surface area contributed by atoms with Crippen LogP contribution in [-0.2, 0) is 0 Å². The van der Waals surface area contributed by atoms with E-state index in [1.54, 1.807) is 6.33 Å². The van der Waals surface area contributed by atoms with Crippen molar-refractivity contribution in [3.05, 3.63) is 30.5 Å². The predicted octanol–water partition coefficient (Wildman–Crippen LogP) is 1.85. The van der Waals surface area contributed by atoms with Crippen molar-refractivity contribution in [2.75, 3.05) is 0 Å². The zero-order chi connectivity index (χ0) is 8.55. The summed E-state index contributed by atoms with van der Waals surface area (Å²) < 4.78 is 1.91. The van der Waals surface area contributed by atoms with Crippen LogP contribution in [0.5, 0.6) is 0 Å². The molecule has 0 fully saturated rings. The third kappa shape index (κ3) is 1.07. The summed E-state index contributed by atoms with van der Waals surface area (Å²) in [7, 11) is 0. The van der Waals surface area contributed by atoms with E-state index in [9.17, 15) is 0 Å². The van der Waals surface area contributed by atoms with Crippen molar-refractivity contribution in [2.45, 2.75) is 19.8 Å². The lowest BCUT2D eigenvalue weighted by Gasteiger charge is -2.02. The van der Waals surface area contributed by atoms with Crippen LogP contribution in [0.15, 0.2) is 24.7 Å². The van der Waals surface area contributed by atoms with Gasteiger partial charge in [-0.1, -0.05) is 13.8 Å². The Morgan fingerprint density at radius 2 is 2.25 bits per heavy atom. The fourth-order valence-corrected chi connectivity index (χ4v) is 1.12. The molecule has 0 radical (unpaired) electrons. The van der Waals surface area contributed by atoms with Crippen LogP contribution in [0.3, 0.4) is 0 Å². The molecule has 0 N–H and O–H groups in total. The van der Waals surface area contributed by atoms with Crippen molar-refractivity contribution in [2.24, 2.45) is 0 Å². The highest BCUT2D eigenvalue weighted by molar-refractivity contribution is 5.37. The molecule has 0 unspecified atom stereocenters. The number of nitrogens with zero attached hydrogens (tertiary/aromatic N) is 3. The molecule has 2 heterocycles. The van der Waals surface area contributed by atoms with E-state index in [0.717, 1.165) is 11.5 Å². The number of hydrogen-bond acceptors (Lipinski definition) is 2. The van der Waals surface area contributed by atoms with Crippen LogP contribution in [0.1, 0.15) is 25.6 Å². The maximum Gasteiger partial charge on any atom is 0.140 e. The zero-order valence-corrected chi connectivity index (χ0v) is 7.23. The van der Waals surface area contributed by atoms with Gasteiger partial charge in [0.15, 0.2) is 0 Å². The lowest BCUT2D eigenvalue weighted by atomic mass is 10.2. The van der Waals surface area contributed by atoms with Gasteiger partial charge in [0.1, 0.15) is 17.8 Å². The molecule has 0 atom stereocenters. The number of fused-ring (bicyclic) bond motifs is 1. The first-order valence-corrected chi connectivity index (χ1v) is 4.07. The Morgan fingerprint density at radius 3 is 3.00 bits per heavy atom. The summed E-state index contributed by atoms with van der Waals surface area (Å²) in [5.74, 6) is 1.30. The van der Waals surface area contributed by atoms with Gasteiger partial charge in [0.05, 0.1) is 0 Å². The molecule has 2 aromatic heterocycles. The molecule has 3 heteroatoms. The second-order valence-corrected chi connectivity index (χ2v) is 3.14. The number of aromatic nitrogens is 3. The second-order valence-electron chi connectivity index (χ2n) is 3.14. The molecule has 2 rings (SSSR count). The monoisotopic (exact) mass is 161 g/mol. The van der Waals surface area contributed by atoms with Gasteiger partial charge in [0.2, 0.25) is 0 Å². The Kier molecular flexibility index (Phi) is 1.57. The first-order valence-electron chi connectivity index (χ1n) is 4.07. The Labute approximate surface area is 71.1 Å². The Balaban J connectivity index is 2.60. The quantitative estimate of drug-likeness (QED) is 0.639. The summed E-state index contributed by atoms with van der Waals surface area (Å²) in [4.78, 5) is 8.62. The third-order valence-corrected chi connectivity index (χ3v) is 1.82. The topological polar surface area (TPSA) is 30.2 Å². The minimum Gasteiger partial charge on any atom is -0.292 e.